The van der Waals surface area contributed by atoms with Crippen LogP contribution in [-0.2, 0) is 4.74 Å². The monoisotopic (exact) mass is 254 g/mol. The molecule has 0 amide bonds. The van der Waals surface area contributed by atoms with Crippen LogP contribution in [0.2, 0.25) is 0 Å². The summed E-state index contributed by atoms with van der Waals surface area (Å²) in [5.74, 6) is 0.927. The van der Waals surface area contributed by atoms with Gasteiger partial charge in [-0.1, -0.05) is 0 Å². The zero-order chi connectivity index (χ0) is 13.0. The van der Waals surface area contributed by atoms with Crippen molar-refractivity contribution < 1.29 is 14.2 Å². The van der Waals surface area contributed by atoms with E-state index in [0.717, 1.165) is 19.6 Å². The van der Waals surface area contributed by atoms with Crippen LogP contribution in [0.25, 0.3) is 0 Å². The maximum absolute atomic E-state index is 5.50. The standard InChI is InChI=1S/C11H18N4O3/c1-7-8(4-5-18-7)6-12-9-13-10(16-2)15-11(14-9)17-3/h7-8H,4-6H2,1-3H3,(H,12,13,14,15). The Hall–Kier alpha value is -1.63. The Labute approximate surface area is 106 Å². The van der Waals surface area contributed by atoms with E-state index in [0.29, 0.717) is 11.9 Å². The van der Waals surface area contributed by atoms with Crippen molar-refractivity contribution in [2.24, 2.45) is 5.92 Å². The van der Waals surface area contributed by atoms with Crippen molar-refractivity contribution >= 4 is 5.95 Å². The molecular weight excluding hydrogens is 236 g/mol. The summed E-state index contributed by atoms with van der Waals surface area (Å²) >= 11 is 0. The molecule has 0 radical (unpaired) electrons. The number of hydrogen-bond donors (Lipinski definition) is 1. The Morgan fingerprint density at radius 1 is 1.22 bits per heavy atom. The molecule has 100 valence electrons. The van der Waals surface area contributed by atoms with Gasteiger partial charge in [-0.25, -0.2) is 0 Å². The van der Waals surface area contributed by atoms with Gasteiger partial charge in [0, 0.05) is 19.1 Å². The summed E-state index contributed by atoms with van der Waals surface area (Å²) in [5.41, 5.74) is 0. The maximum atomic E-state index is 5.50. The quantitative estimate of drug-likeness (QED) is 0.829. The van der Waals surface area contributed by atoms with Crippen LogP contribution in [-0.4, -0.2) is 48.4 Å². The van der Waals surface area contributed by atoms with E-state index in [1.807, 2.05) is 0 Å². The highest BCUT2D eigenvalue weighted by Crippen LogP contribution is 2.21. The molecule has 2 atom stereocenters. The number of hydrogen-bond acceptors (Lipinski definition) is 7. The van der Waals surface area contributed by atoms with Crippen molar-refractivity contribution in [2.75, 3.05) is 32.7 Å². The summed E-state index contributed by atoms with van der Waals surface area (Å²) in [6, 6.07) is 0.472. The van der Waals surface area contributed by atoms with Crippen molar-refractivity contribution in [2.45, 2.75) is 19.4 Å². The lowest BCUT2D eigenvalue weighted by molar-refractivity contribution is 0.108. The fourth-order valence-electron chi connectivity index (χ4n) is 1.87. The third-order valence-electron chi connectivity index (χ3n) is 3.02. The van der Waals surface area contributed by atoms with Crippen molar-refractivity contribution in [3.05, 3.63) is 0 Å². The van der Waals surface area contributed by atoms with Crippen LogP contribution in [0.5, 0.6) is 12.0 Å². The fourth-order valence-corrected chi connectivity index (χ4v) is 1.87. The topological polar surface area (TPSA) is 78.4 Å². The number of ether oxygens (including phenoxy) is 3. The van der Waals surface area contributed by atoms with Gasteiger partial charge >= 0.3 is 12.0 Å². The van der Waals surface area contributed by atoms with E-state index >= 15 is 0 Å². The molecule has 0 aromatic carbocycles. The number of nitrogens with zero attached hydrogens (tertiary/aromatic N) is 3. The number of methoxy groups -OCH3 is 2. The number of rotatable bonds is 5. The minimum absolute atomic E-state index is 0.236. The first-order chi connectivity index (χ1) is 8.72. The Morgan fingerprint density at radius 3 is 2.39 bits per heavy atom. The summed E-state index contributed by atoms with van der Waals surface area (Å²) in [4.78, 5) is 12.2. The van der Waals surface area contributed by atoms with E-state index in [4.69, 9.17) is 14.2 Å². The van der Waals surface area contributed by atoms with E-state index < -0.39 is 0 Å². The average molecular weight is 254 g/mol. The minimum atomic E-state index is 0.236. The predicted molar refractivity (Wildman–Crippen MR) is 64.9 cm³/mol. The number of aromatic nitrogens is 3. The molecule has 7 heteroatoms. The van der Waals surface area contributed by atoms with Gasteiger partial charge in [-0.3, -0.25) is 0 Å². The van der Waals surface area contributed by atoms with E-state index in [2.05, 4.69) is 27.2 Å². The Bertz CT molecular complexity index is 380. The molecular formula is C11H18N4O3. The lowest BCUT2D eigenvalue weighted by Crippen LogP contribution is -2.21. The van der Waals surface area contributed by atoms with E-state index in [9.17, 15) is 0 Å². The fraction of sp³-hybridized carbons (Fsp3) is 0.727. The van der Waals surface area contributed by atoms with E-state index in [1.54, 1.807) is 0 Å². The van der Waals surface area contributed by atoms with Crippen molar-refractivity contribution in [1.82, 2.24) is 15.0 Å². The van der Waals surface area contributed by atoms with Gasteiger partial charge < -0.3 is 19.5 Å². The van der Waals surface area contributed by atoms with E-state index in [-0.39, 0.29) is 18.1 Å². The Balaban J connectivity index is 1.99. The zero-order valence-corrected chi connectivity index (χ0v) is 10.8. The lowest BCUT2D eigenvalue weighted by atomic mass is 10.0. The van der Waals surface area contributed by atoms with Crippen LogP contribution >= 0.6 is 0 Å². The second-order valence-electron chi connectivity index (χ2n) is 4.14. The molecule has 0 aliphatic carbocycles. The third kappa shape index (κ3) is 2.98. The smallest absolute Gasteiger partial charge is 0.324 e. The molecule has 18 heavy (non-hydrogen) atoms. The third-order valence-corrected chi connectivity index (χ3v) is 3.02. The van der Waals surface area contributed by atoms with Gasteiger partial charge in [0.2, 0.25) is 5.95 Å². The summed E-state index contributed by atoms with van der Waals surface area (Å²) in [6.45, 7) is 3.66. The molecule has 1 aliphatic rings. The van der Waals surface area contributed by atoms with Crippen molar-refractivity contribution in [1.29, 1.82) is 0 Å². The van der Waals surface area contributed by atoms with Gasteiger partial charge in [-0.15, -0.1) is 4.98 Å². The second-order valence-corrected chi connectivity index (χ2v) is 4.14. The first kappa shape index (κ1) is 12.8. The van der Waals surface area contributed by atoms with Crippen LogP contribution < -0.4 is 14.8 Å². The summed E-state index contributed by atoms with van der Waals surface area (Å²) in [7, 11) is 3.01. The molecule has 0 saturated carbocycles. The first-order valence-electron chi connectivity index (χ1n) is 5.92. The molecule has 1 fully saturated rings. The van der Waals surface area contributed by atoms with Crippen LogP contribution in [0.4, 0.5) is 5.95 Å². The molecule has 0 bridgehead atoms. The van der Waals surface area contributed by atoms with Crippen molar-refractivity contribution in [3.8, 4) is 12.0 Å². The lowest BCUT2D eigenvalue weighted by Gasteiger charge is -2.14. The number of anilines is 1. The normalized spacial score (nSPS) is 22.8. The SMILES string of the molecule is COc1nc(NCC2CCOC2C)nc(OC)n1. The second kappa shape index (κ2) is 5.81. The van der Waals surface area contributed by atoms with Gasteiger partial charge in [0.1, 0.15) is 0 Å². The molecule has 1 aromatic heterocycles. The summed E-state index contributed by atoms with van der Waals surface area (Å²) in [6.07, 6.45) is 1.32. The van der Waals surface area contributed by atoms with Gasteiger partial charge in [0.05, 0.1) is 20.3 Å². The minimum Gasteiger partial charge on any atom is -0.467 e. The average Bonchev–Trinajstić information content (AvgIpc) is 2.81. The van der Waals surface area contributed by atoms with E-state index in [1.165, 1.54) is 14.2 Å². The molecule has 2 heterocycles. The highest BCUT2D eigenvalue weighted by molar-refractivity contribution is 5.27. The summed E-state index contributed by atoms with van der Waals surface area (Å²) < 4.78 is 15.5. The molecule has 7 nitrogen and oxygen atoms in total. The zero-order valence-electron chi connectivity index (χ0n) is 10.8. The number of nitrogens with one attached hydrogen (secondary N) is 1. The maximum Gasteiger partial charge on any atom is 0.324 e. The highest BCUT2D eigenvalue weighted by atomic mass is 16.5. The molecule has 1 saturated heterocycles. The van der Waals surface area contributed by atoms with Crippen LogP contribution in [0.15, 0.2) is 0 Å². The molecule has 0 spiro atoms. The molecule has 1 aliphatic heterocycles. The Morgan fingerprint density at radius 2 is 1.89 bits per heavy atom. The van der Waals surface area contributed by atoms with Gasteiger partial charge in [-0.2, -0.15) is 9.97 Å². The van der Waals surface area contributed by atoms with Crippen molar-refractivity contribution in [3.63, 3.8) is 0 Å². The van der Waals surface area contributed by atoms with Gasteiger partial charge in [-0.05, 0) is 13.3 Å². The first-order valence-corrected chi connectivity index (χ1v) is 5.92. The summed E-state index contributed by atoms with van der Waals surface area (Å²) in [5, 5.41) is 3.16. The Kier molecular flexibility index (Phi) is 4.14. The van der Waals surface area contributed by atoms with Gasteiger partial charge in [0.15, 0.2) is 0 Å². The largest absolute Gasteiger partial charge is 0.467 e. The van der Waals surface area contributed by atoms with Crippen LogP contribution in [0, 0.1) is 5.92 Å². The molecule has 1 aromatic rings. The van der Waals surface area contributed by atoms with Crippen LogP contribution in [0.1, 0.15) is 13.3 Å². The van der Waals surface area contributed by atoms with Gasteiger partial charge in [0.25, 0.3) is 0 Å². The highest BCUT2D eigenvalue weighted by Gasteiger charge is 2.24. The molecule has 1 N–H and O–H groups in total. The molecule has 2 rings (SSSR count). The molecule has 2 unspecified atom stereocenters. The van der Waals surface area contributed by atoms with Crippen LogP contribution in [0.3, 0.4) is 0 Å². The predicted octanol–water partition coefficient (Wildman–Crippen LogP) is 0.726.